The Kier molecular flexibility index (Phi) is 4.85. The van der Waals surface area contributed by atoms with Gasteiger partial charge in [0, 0.05) is 11.8 Å². The molecule has 1 aromatic rings. The van der Waals surface area contributed by atoms with Crippen molar-refractivity contribution < 1.29 is 9.84 Å². The number of hydrogen-bond acceptors (Lipinski definition) is 4. The summed E-state index contributed by atoms with van der Waals surface area (Å²) in [4.78, 5) is 14.1. The molecule has 0 atom stereocenters. The van der Waals surface area contributed by atoms with Crippen molar-refractivity contribution in [3.63, 3.8) is 0 Å². The zero-order valence-electron chi connectivity index (χ0n) is 9.40. The number of aliphatic hydroxyl groups is 1. The second-order valence-corrected chi connectivity index (χ2v) is 4.12. The predicted molar refractivity (Wildman–Crippen MR) is 63.0 cm³/mol. The lowest BCUT2D eigenvalue weighted by Gasteiger charge is -2.10. The van der Waals surface area contributed by atoms with Gasteiger partial charge in [-0.3, -0.25) is 9.78 Å². The lowest BCUT2D eigenvalue weighted by atomic mass is 10.1. The van der Waals surface area contributed by atoms with E-state index < -0.39 is 0 Å². The van der Waals surface area contributed by atoms with Gasteiger partial charge < -0.3 is 14.4 Å². The third-order valence-electron chi connectivity index (χ3n) is 2.13. The highest BCUT2D eigenvalue weighted by molar-refractivity contribution is 7.71. The van der Waals surface area contributed by atoms with Crippen LogP contribution in [0.15, 0.2) is 11.0 Å². The quantitative estimate of drug-likeness (QED) is 0.599. The van der Waals surface area contributed by atoms with Crippen molar-refractivity contribution in [2.75, 3.05) is 13.2 Å². The first-order valence-electron chi connectivity index (χ1n) is 5.08. The molecule has 0 aliphatic rings. The zero-order chi connectivity index (χ0) is 12.1. The van der Waals surface area contributed by atoms with Gasteiger partial charge in [-0.1, -0.05) is 13.8 Å². The number of H-pyrrole nitrogens is 1. The number of ether oxygens (including phenoxy) is 1. The molecule has 0 fully saturated rings. The number of nitrogens with zero attached hydrogens (tertiary/aromatic N) is 1. The SMILES string of the molecule is CC(C)c1cn(COCCO)c(=S)[nH]c1=O. The van der Waals surface area contributed by atoms with Crippen molar-refractivity contribution in [2.24, 2.45) is 0 Å². The van der Waals surface area contributed by atoms with Gasteiger partial charge in [-0.25, -0.2) is 0 Å². The van der Waals surface area contributed by atoms with Crippen LogP contribution in [0.4, 0.5) is 0 Å². The third-order valence-corrected chi connectivity index (χ3v) is 2.46. The van der Waals surface area contributed by atoms with Crippen molar-refractivity contribution in [1.82, 2.24) is 9.55 Å². The van der Waals surface area contributed by atoms with E-state index in [1.54, 1.807) is 10.8 Å². The summed E-state index contributed by atoms with van der Waals surface area (Å²) in [7, 11) is 0. The van der Waals surface area contributed by atoms with Gasteiger partial charge in [0.2, 0.25) is 0 Å². The molecule has 0 bridgehead atoms. The Morgan fingerprint density at radius 2 is 2.31 bits per heavy atom. The highest BCUT2D eigenvalue weighted by Crippen LogP contribution is 2.08. The van der Waals surface area contributed by atoms with E-state index >= 15 is 0 Å². The summed E-state index contributed by atoms with van der Waals surface area (Å²) in [5, 5.41) is 8.58. The average Bonchev–Trinajstić information content (AvgIpc) is 2.21. The van der Waals surface area contributed by atoms with Gasteiger partial charge in [0.15, 0.2) is 4.77 Å². The van der Waals surface area contributed by atoms with Gasteiger partial charge in [0.05, 0.1) is 13.2 Å². The first-order chi connectivity index (χ1) is 7.56. The Balaban J connectivity index is 2.96. The second-order valence-electron chi connectivity index (χ2n) is 3.73. The Bertz CT molecular complexity index is 450. The van der Waals surface area contributed by atoms with E-state index in [0.29, 0.717) is 10.3 Å². The number of hydrogen-bond donors (Lipinski definition) is 2. The molecule has 1 aromatic heterocycles. The maximum atomic E-state index is 11.5. The number of aliphatic hydroxyl groups excluding tert-OH is 1. The largest absolute Gasteiger partial charge is 0.394 e. The van der Waals surface area contributed by atoms with E-state index in [1.807, 2.05) is 13.8 Å². The smallest absolute Gasteiger partial charge is 0.255 e. The number of rotatable bonds is 5. The molecule has 5 nitrogen and oxygen atoms in total. The first kappa shape index (κ1) is 13.1. The molecule has 2 N–H and O–H groups in total. The zero-order valence-corrected chi connectivity index (χ0v) is 10.2. The van der Waals surface area contributed by atoms with Crippen molar-refractivity contribution in [3.8, 4) is 0 Å². The molecule has 1 heterocycles. The normalized spacial score (nSPS) is 11.0. The molecule has 0 amide bonds. The van der Waals surface area contributed by atoms with Crippen molar-refractivity contribution >= 4 is 12.2 Å². The lowest BCUT2D eigenvalue weighted by Crippen LogP contribution is -2.20. The van der Waals surface area contributed by atoms with Crippen LogP contribution < -0.4 is 5.56 Å². The topological polar surface area (TPSA) is 67.2 Å². The molecule has 0 saturated carbocycles. The Morgan fingerprint density at radius 1 is 1.62 bits per heavy atom. The molecule has 0 aromatic carbocycles. The van der Waals surface area contributed by atoms with Crippen LogP contribution in [-0.4, -0.2) is 27.9 Å². The van der Waals surface area contributed by atoms with Gasteiger partial charge in [-0.2, -0.15) is 0 Å². The first-order valence-corrected chi connectivity index (χ1v) is 5.49. The van der Waals surface area contributed by atoms with Gasteiger partial charge in [-0.05, 0) is 18.1 Å². The monoisotopic (exact) mass is 244 g/mol. The third kappa shape index (κ3) is 3.26. The van der Waals surface area contributed by atoms with E-state index in [9.17, 15) is 4.79 Å². The summed E-state index contributed by atoms with van der Waals surface area (Å²) < 4.78 is 7.12. The highest BCUT2D eigenvalue weighted by Gasteiger charge is 2.06. The summed E-state index contributed by atoms with van der Waals surface area (Å²) in [5.74, 6) is 0.128. The van der Waals surface area contributed by atoms with Gasteiger partial charge in [0.25, 0.3) is 5.56 Å². The van der Waals surface area contributed by atoms with E-state index in [1.165, 1.54) is 0 Å². The molecule has 0 radical (unpaired) electrons. The van der Waals surface area contributed by atoms with Crippen LogP contribution in [0.25, 0.3) is 0 Å². The van der Waals surface area contributed by atoms with Crippen molar-refractivity contribution in [3.05, 3.63) is 26.9 Å². The van der Waals surface area contributed by atoms with Crippen LogP contribution in [0.5, 0.6) is 0 Å². The lowest BCUT2D eigenvalue weighted by molar-refractivity contribution is 0.0465. The van der Waals surface area contributed by atoms with E-state index in [4.69, 9.17) is 22.1 Å². The summed E-state index contributed by atoms with van der Waals surface area (Å²) >= 11 is 5.00. The minimum absolute atomic E-state index is 0.0340. The number of aromatic amines is 1. The molecular formula is C10H16N2O3S. The fourth-order valence-electron chi connectivity index (χ4n) is 1.26. The molecule has 0 aliphatic carbocycles. The molecule has 6 heteroatoms. The molecule has 0 saturated heterocycles. The molecule has 16 heavy (non-hydrogen) atoms. The molecule has 0 aliphatic heterocycles. The highest BCUT2D eigenvalue weighted by atomic mass is 32.1. The summed E-state index contributed by atoms with van der Waals surface area (Å²) in [6.07, 6.45) is 1.70. The van der Waals surface area contributed by atoms with E-state index in [-0.39, 0.29) is 31.4 Å². The van der Waals surface area contributed by atoms with E-state index in [0.717, 1.165) is 0 Å². The predicted octanol–water partition coefficient (Wildman–Crippen LogP) is 0.996. The Hall–Kier alpha value is -0.980. The van der Waals surface area contributed by atoms with Crippen LogP contribution in [0.2, 0.25) is 0 Å². The van der Waals surface area contributed by atoms with Crippen molar-refractivity contribution in [1.29, 1.82) is 0 Å². The fraction of sp³-hybridized carbons (Fsp3) is 0.600. The van der Waals surface area contributed by atoms with Crippen LogP contribution in [0.1, 0.15) is 25.3 Å². The van der Waals surface area contributed by atoms with Crippen LogP contribution >= 0.6 is 12.2 Å². The summed E-state index contributed by atoms with van der Waals surface area (Å²) in [6, 6.07) is 0. The van der Waals surface area contributed by atoms with Crippen LogP contribution in [-0.2, 0) is 11.5 Å². The maximum Gasteiger partial charge on any atom is 0.255 e. The molecular weight excluding hydrogens is 228 g/mol. The maximum absolute atomic E-state index is 11.5. The van der Waals surface area contributed by atoms with Gasteiger partial charge in [-0.15, -0.1) is 0 Å². The molecule has 90 valence electrons. The summed E-state index contributed by atoms with van der Waals surface area (Å²) in [5.41, 5.74) is 0.514. The van der Waals surface area contributed by atoms with Crippen LogP contribution in [0.3, 0.4) is 0 Å². The second kappa shape index (κ2) is 5.93. The Labute approximate surface area is 98.7 Å². The molecule has 0 unspecified atom stereocenters. The minimum atomic E-state index is -0.154. The number of aromatic nitrogens is 2. The standard InChI is InChI=1S/C10H16N2O3S/c1-7(2)8-5-12(6-15-4-3-13)10(16)11-9(8)14/h5,7,13H,3-4,6H2,1-2H3,(H,11,14,16). The average molecular weight is 244 g/mol. The fourth-order valence-corrected chi connectivity index (χ4v) is 1.46. The minimum Gasteiger partial charge on any atom is -0.394 e. The summed E-state index contributed by atoms with van der Waals surface area (Å²) in [6.45, 7) is 4.32. The van der Waals surface area contributed by atoms with Crippen LogP contribution in [0, 0.1) is 4.77 Å². The molecule has 0 spiro atoms. The van der Waals surface area contributed by atoms with E-state index in [2.05, 4.69) is 4.98 Å². The van der Waals surface area contributed by atoms with Gasteiger partial charge in [0.1, 0.15) is 6.73 Å². The number of nitrogens with one attached hydrogen (secondary N) is 1. The van der Waals surface area contributed by atoms with Gasteiger partial charge >= 0.3 is 0 Å². The Morgan fingerprint density at radius 3 is 2.88 bits per heavy atom. The van der Waals surface area contributed by atoms with Crippen molar-refractivity contribution in [2.45, 2.75) is 26.5 Å². The molecule has 1 rings (SSSR count).